The van der Waals surface area contributed by atoms with Crippen LogP contribution in [0.2, 0.25) is 0 Å². The standard InChI is InChI=1S/C9H12/c1-3-4-9-6-5-8(2)7-9/h5,9H,6-7H2,1-2H3. The highest BCUT2D eigenvalue weighted by molar-refractivity contribution is 5.15. The van der Waals surface area contributed by atoms with Gasteiger partial charge in [0.25, 0.3) is 0 Å². The van der Waals surface area contributed by atoms with E-state index in [1.165, 1.54) is 18.4 Å². The van der Waals surface area contributed by atoms with Crippen LogP contribution in [0.15, 0.2) is 11.6 Å². The SMILES string of the molecule is CC#CC1CC=C(C)C1. The Bertz CT molecular complexity index is 176. The molecule has 1 unspecified atom stereocenters. The van der Waals surface area contributed by atoms with E-state index in [-0.39, 0.29) is 0 Å². The molecule has 1 aliphatic rings. The number of rotatable bonds is 0. The van der Waals surface area contributed by atoms with E-state index >= 15 is 0 Å². The van der Waals surface area contributed by atoms with E-state index in [4.69, 9.17) is 0 Å². The lowest BCUT2D eigenvalue weighted by Gasteiger charge is -1.95. The van der Waals surface area contributed by atoms with Gasteiger partial charge in [0.1, 0.15) is 0 Å². The van der Waals surface area contributed by atoms with Crippen molar-refractivity contribution in [3.63, 3.8) is 0 Å². The number of allylic oxidation sites excluding steroid dienone is 2. The van der Waals surface area contributed by atoms with Gasteiger partial charge in [0, 0.05) is 5.92 Å². The van der Waals surface area contributed by atoms with Crippen molar-refractivity contribution in [1.82, 2.24) is 0 Å². The van der Waals surface area contributed by atoms with Crippen LogP contribution in [0.5, 0.6) is 0 Å². The summed E-state index contributed by atoms with van der Waals surface area (Å²) in [6.07, 6.45) is 4.66. The summed E-state index contributed by atoms with van der Waals surface area (Å²) in [6, 6.07) is 0. The molecular formula is C9H12. The lowest BCUT2D eigenvalue weighted by atomic mass is 10.1. The Morgan fingerprint density at radius 2 is 2.44 bits per heavy atom. The Morgan fingerprint density at radius 3 is 2.89 bits per heavy atom. The van der Waals surface area contributed by atoms with Crippen molar-refractivity contribution in [2.45, 2.75) is 26.7 Å². The maximum atomic E-state index is 3.17. The van der Waals surface area contributed by atoms with Gasteiger partial charge in [0.2, 0.25) is 0 Å². The molecule has 0 aromatic heterocycles. The topological polar surface area (TPSA) is 0 Å². The molecule has 0 N–H and O–H groups in total. The van der Waals surface area contributed by atoms with Crippen molar-refractivity contribution in [3.05, 3.63) is 11.6 Å². The summed E-state index contributed by atoms with van der Waals surface area (Å²) in [4.78, 5) is 0. The lowest BCUT2D eigenvalue weighted by molar-refractivity contribution is 0.730. The summed E-state index contributed by atoms with van der Waals surface area (Å²) in [6.45, 7) is 4.09. The highest BCUT2D eigenvalue weighted by atomic mass is 14.1. The van der Waals surface area contributed by atoms with Gasteiger partial charge in [0.05, 0.1) is 0 Å². The second-order valence-corrected chi connectivity index (χ2v) is 2.58. The fraction of sp³-hybridized carbons (Fsp3) is 0.556. The second-order valence-electron chi connectivity index (χ2n) is 2.58. The van der Waals surface area contributed by atoms with Crippen LogP contribution in [0.3, 0.4) is 0 Å². The average Bonchev–Trinajstić information content (AvgIpc) is 2.17. The van der Waals surface area contributed by atoms with Gasteiger partial charge in [-0.05, 0) is 26.7 Å². The van der Waals surface area contributed by atoms with Crippen molar-refractivity contribution < 1.29 is 0 Å². The monoisotopic (exact) mass is 120 g/mol. The van der Waals surface area contributed by atoms with Crippen molar-refractivity contribution in [1.29, 1.82) is 0 Å². The summed E-state index contributed by atoms with van der Waals surface area (Å²) >= 11 is 0. The molecule has 0 amide bonds. The first-order chi connectivity index (χ1) is 4.33. The third kappa shape index (κ3) is 1.61. The molecule has 0 aromatic rings. The molecule has 1 atom stereocenters. The molecule has 48 valence electrons. The van der Waals surface area contributed by atoms with E-state index in [0.717, 1.165) is 0 Å². The van der Waals surface area contributed by atoms with Gasteiger partial charge in [-0.2, -0.15) is 0 Å². The van der Waals surface area contributed by atoms with Crippen molar-refractivity contribution in [2.75, 3.05) is 0 Å². The highest BCUT2D eigenvalue weighted by Crippen LogP contribution is 2.22. The van der Waals surface area contributed by atoms with E-state index in [9.17, 15) is 0 Å². The molecule has 0 spiro atoms. The van der Waals surface area contributed by atoms with Crippen molar-refractivity contribution in [3.8, 4) is 11.8 Å². The smallest absolute Gasteiger partial charge is 0.0274 e. The van der Waals surface area contributed by atoms with Crippen LogP contribution in [0, 0.1) is 17.8 Å². The minimum Gasteiger partial charge on any atom is -0.106 e. The predicted octanol–water partition coefficient (Wildman–Crippen LogP) is 2.37. The van der Waals surface area contributed by atoms with Gasteiger partial charge in [-0.25, -0.2) is 0 Å². The van der Waals surface area contributed by atoms with Crippen molar-refractivity contribution in [2.24, 2.45) is 5.92 Å². The quantitative estimate of drug-likeness (QED) is 0.340. The first-order valence-corrected chi connectivity index (χ1v) is 3.41. The molecule has 1 rings (SSSR count). The van der Waals surface area contributed by atoms with Gasteiger partial charge in [0.15, 0.2) is 0 Å². The molecule has 0 heterocycles. The zero-order valence-electron chi connectivity index (χ0n) is 6.07. The summed E-state index contributed by atoms with van der Waals surface area (Å²) in [5.41, 5.74) is 1.50. The van der Waals surface area contributed by atoms with Gasteiger partial charge in [-0.3, -0.25) is 0 Å². The normalized spacial score (nSPS) is 24.7. The second kappa shape index (κ2) is 2.73. The molecule has 0 heteroatoms. The van der Waals surface area contributed by atoms with E-state index in [1.807, 2.05) is 6.92 Å². The third-order valence-electron chi connectivity index (χ3n) is 1.67. The fourth-order valence-corrected chi connectivity index (χ4v) is 1.21. The Labute approximate surface area is 57.0 Å². The van der Waals surface area contributed by atoms with Crippen LogP contribution < -0.4 is 0 Å². The van der Waals surface area contributed by atoms with Gasteiger partial charge in [-0.1, -0.05) is 17.6 Å². The van der Waals surface area contributed by atoms with E-state index in [1.54, 1.807) is 0 Å². The van der Waals surface area contributed by atoms with Crippen LogP contribution in [-0.4, -0.2) is 0 Å². The maximum absolute atomic E-state index is 3.17. The van der Waals surface area contributed by atoms with Crippen LogP contribution in [-0.2, 0) is 0 Å². The number of hydrogen-bond donors (Lipinski definition) is 0. The average molecular weight is 120 g/mol. The molecule has 0 saturated heterocycles. The van der Waals surface area contributed by atoms with Crippen LogP contribution >= 0.6 is 0 Å². The summed E-state index contributed by atoms with van der Waals surface area (Å²) < 4.78 is 0. The van der Waals surface area contributed by atoms with E-state index < -0.39 is 0 Å². The van der Waals surface area contributed by atoms with E-state index in [2.05, 4.69) is 24.8 Å². The molecule has 1 aliphatic carbocycles. The molecule has 0 bridgehead atoms. The number of hydrogen-bond acceptors (Lipinski definition) is 0. The summed E-state index contributed by atoms with van der Waals surface area (Å²) in [7, 11) is 0. The minimum absolute atomic E-state index is 0.634. The van der Waals surface area contributed by atoms with Crippen LogP contribution in [0.4, 0.5) is 0 Å². The third-order valence-corrected chi connectivity index (χ3v) is 1.67. The Balaban J connectivity index is 2.43. The molecule has 0 fully saturated rings. The van der Waals surface area contributed by atoms with Crippen LogP contribution in [0.1, 0.15) is 26.7 Å². The zero-order valence-corrected chi connectivity index (χ0v) is 6.07. The van der Waals surface area contributed by atoms with Gasteiger partial charge >= 0.3 is 0 Å². The fourth-order valence-electron chi connectivity index (χ4n) is 1.21. The lowest BCUT2D eigenvalue weighted by Crippen LogP contribution is -1.87. The summed E-state index contributed by atoms with van der Waals surface area (Å²) in [5.74, 6) is 6.75. The molecule has 0 nitrogen and oxygen atoms in total. The first-order valence-electron chi connectivity index (χ1n) is 3.41. The molecule has 0 radical (unpaired) electrons. The van der Waals surface area contributed by atoms with E-state index in [0.29, 0.717) is 5.92 Å². The minimum atomic E-state index is 0.634. The van der Waals surface area contributed by atoms with Gasteiger partial charge < -0.3 is 0 Å². The molecule has 0 aliphatic heterocycles. The van der Waals surface area contributed by atoms with Gasteiger partial charge in [-0.15, -0.1) is 5.92 Å². The predicted molar refractivity (Wildman–Crippen MR) is 39.9 cm³/mol. The maximum Gasteiger partial charge on any atom is 0.0274 e. The Kier molecular flexibility index (Phi) is 1.95. The first kappa shape index (κ1) is 6.42. The van der Waals surface area contributed by atoms with Crippen LogP contribution in [0.25, 0.3) is 0 Å². The largest absolute Gasteiger partial charge is 0.106 e. The zero-order chi connectivity index (χ0) is 6.69. The molecule has 0 aromatic carbocycles. The highest BCUT2D eigenvalue weighted by Gasteiger charge is 2.09. The summed E-state index contributed by atoms with van der Waals surface area (Å²) in [5, 5.41) is 0. The molecule has 0 saturated carbocycles. The molecule has 9 heavy (non-hydrogen) atoms. The Hall–Kier alpha value is -0.700. The molecular weight excluding hydrogens is 108 g/mol. The Morgan fingerprint density at radius 1 is 1.67 bits per heavy atom. The van der Waals surface area contributed by atoms with Crippen molar-refractivity contribution >= 4 is 0 Å².